The molecule has 1 aliphatic carbocycles. The van der Waals surface area contributed by atoms with Crippen molar-refractivity contribution in [2.24, 2.45) is 11.7 Å². The summed E-state index contributed by atoms with van der Waals surface area (Å²) in [4.78, 5) is 11.1. The zero-order valence-corrected chi connectivity index (χ0v) is 17.1. The number of carbonyl (C=O) groups is 1. The van der Waals surface area contributed by atoms with Gasteiger partial charge in [0.1, 0.15) is 5.76 Å². The van der Waals surface area contributed by atoms with E-state index >= 15 is 0 Å². The van der Waals surface area contributed by atoms with E-state index in [2.05, 4.69) is 5.32 Å². The average molecular weight is 406 g/mol. The minimum absolute atomic E-state index is 0.137. The molecule has 6 nitrogen and oxygen atoms in total. The number of ether oxygens (including phenoxy) is 2. The minimum atomic E-state index is -0.761. The zero-order chi connectivity index (χ0) is 20.6. The van der Waals surface area contributed by atoms with Gasteiger partial charge in [0.05, 0.1) is 11.5 Å². The molecule has 1 aromatic carbocycles. The topological polar surface area (TPSA) is 97.4 Å². The Morgan fingerprint density at radius 3 is 2.68 bits per heavy atom. The van der Waals surface area contributed by atoms with Crippen LogP contribution in [0, 0.1) is 11.3 Å². The summed E-state index contributed by atoms with van der Waals surface area (Å²) < 4.78 is 11.2. The minimum Gasteiger partial charge on any atom is -0.497 e. The molecule has 0 aliphatic heterocycles. The molecule has 1 aliphatic rings. The van der Waals surface area contributed by atoms with E-state index in [0.29, 0.717) is 19.6 Å². The lowest BCUT2D eigenvalue weighted by atomic mass is 9.80. The van der Waals surface area contributed by atoms with Crippen molar-refractivity contribution < 1.29 is 14.3 Å². The summed E-state index contributed by atoms with van der Waals surface area (Å²) in [6.45, 7) is 3.15. The lowest BCUT2D eigenvalue weighted by molar-refractivity contribution is -0.119. The smallest absolute Gasteiger partial charge is 0.226 e. The molecule has 0 radical (unpaired) electrons. The van der Waals surface area contributed by atoms with Gasteiger partial charge in [0.2, 0.25) is 5.91 Å². The Morgan fingerprint density at radius 1 is 1.32 bits per heavy atom. The normalized spacial score (nSPS) is 21.5. The number of carbonyl (C=O) groups excluding carboxylic acids is 1. The van der Waals surface area contributed by atoms with Crippen LogP contribution in [0.4, 0.5) is 0 Å². The Morgan fingerprint density at radius 2 is 2.04 bits per heavy atom. The molecule has 2 unspecified atom stereocenters. The highest BCUT2D eigenvalue weighted by molar-refractivity contribution is 6.26. The summed E-state index contributed by atoms with van der Waals surface area (Å²) in [7, 11) is 1.66. The van der Waals surface area contributed by atoms with E-state index in [1.807, 2.05) is 49.4 Å². The number of nitrogens with two attached hydrogens (primary N) is 1. The van der Waals surface area contributed by atoms with Gasteiger partial charge < -0.3 is 15.2 Å². The molecule has 0 saturated heterocycles. The molecule has 0 bridgehead atoms. The third kappa shape index (κ3) is 5.84. The summed E-state index contributed by atoms with van der Waals surface area (Å²) in [5.41, 5.74) is 7.26. The van der Waals surface area contributed by atoms with E-state index in [0.717, 1.165) is 23.3 Å². The fourth-order valence-corrected chi connectivity index (χ4v) is 3.42. The van der Waals surface area contributed by atoms with Gasteiger partial charge >= 0.3 is 0 Å². The van der Waals surface area contributed by atoms with Crippen LogP contribution in [0.1, 0.15) is 31.7 Å². The summed E-state index contributed by atoms with van der Waals surface area (Å²) in [5.74, 6) is -0.0170. The number of halogens is 1. The molecule has 7 heteroatoms. The van der Waals surface area contributed by atoms with Gasteiger partial charge in [-0.25, -0.2) is 0 Å². The first-order chi connectivity index (χ1) is 13.4. The highest BCUT2D eigenvalue weighted by Crippen LogP contribution is 2.44. The molecule has 0 aromatic heterocycles. The average Bonchev–Trinajstić information content (AvgIpc) is 2.67. The number of methoxy groups -OCH3 is 1. The van der Waals surface area contributed by atoms with Crippen molar-refractivity contribution in [3.05, 3.63) is 53.8 Å². The van der Waals surface area contributed by atoms with Crippen LogP contribution in [0.5, 0.6) is 0 Å². The highest BCUT2D eigenvalue weighted by atomic mass is 35.5. The number of alkyl halides is 1. The maximum atomic E-state index is 11.9. The van der Waals surface area contributed by atoms with Crippen molar-refractivity contribution in [3.8, 4) is 0 Å². The number of hydrogen-bond acceptors (Lipinski definition) is 4. The highest BCUT2D eigenvalue weighted by Gasteiger charge is 2.39. The van der Waals surface area contributed by atoms with E-state index < -0.39 is 4.87 Å². The zero-order valence-electron chi connectivity index (χ0n) is 16.3. The van der Waals surface area contributed by atoms with Crippen LogP contribution >= 0.6 is 11.6 Å². The molecular formula is C21H28ClN3O3. The van der Waals surface area contributed by atoms with E-state index in [-0.39, 0.29) is 24.2 Å². The van der Waals surface area contributed by atoms with Gasteiger partial charge in [-0.3, -0.25) is 15.5 Å². The lowest BCUT2D eigenvalue weighted by Crippen LogP contribution is -2.38. The van der Waals surface area contributed by atoms with Crippen molar-refractivity contribution in [3.63, 3.8) is 0 Å². The third-order valence-corrected chi connectivity index (χ3v) is 5.39. The Balaban J connectivity index is 2.21. The Hall–Kier alpha value is -2.31. The predicted octanol–water partition coefficient (Wildman–Crippen LogP) is 3.42. The summed E-state index contributed by atoms with van der Waals surface area (Å²) >= 11 is 6.90. The monoisotopic (exact) mass is 405 g/mol. The number of allylic oxidation sites excluding steroid dienone is 4. The second kappa shape index (κ2) is 10.3. The van der Waals surface area contributed by atoms with Crippen molar-refractivity contribution in [2.45, 2.75) is 31.1 Å². The number of guanidine groups is 1. The summed E-state index contributed by atoms with van der Waals surface area (Å²) in [6.07, 6.45) is 5.24. The van der Waals surface area contributed by atoms with Crippen LogP contribution in [0.15, 0.2) is 48.2 Å². The largest absolute Gasteiger partial charge is 0.497 e. The molecule has 4 N–H and O–H groups in total. The van der Waals surface area contributed by atoms with Gasteiger partial charge in [-0.15, -0.1) is 11.6 Å². The number of amides is 1. The molecule has 28 heavy (non-hydrogen) atoms. The first-order valence-electron chi connectivity index (χ1n) is 9.30. The van der Waals surface area contributed by atoms with Crippen LogP contribution in [0.2, 0.25) is 0 Å². The molecule has 0 saturated carbocycles. The van der Waals surface area contributed by atoms with Crippen molar-refractivity contribution in [1.29, 1.82) is 5.41 Å². The number of benzene rings is 1. The van der Waals surface area contributed by atoms with E-state index in [1.54, 1.807) is 7.11 Å². The van der Waals surface area contributed by atoms with Crippen molar-refractivity contribution in [1.82, 2.24) is 5.32 Å². The first-order valence-corrected chi connectivity index (χ1v) is 9.68. The number of rotatable bonds is 9. The second-order valence-electron chi connectivity index (χ2n) is 6.78. The first kappa shape index (κ1) is 22.0. The number of hydrogen-bond donors (Lipinski definition) is 3. The fraction of sp³-hybridized carbons (Fsp3) is 0.429. The van der Waals surface area contributed by atoms with Gasteiger partial charge in [-0.05, 0) is 12.0 Å². The SMILES string of the molecule is COCCCOC1=C(c2ccccc2)C=CC(Cl)(CCC(=O)NC(=N)N)C1C. The van der Waals surface area contributed by atoms with Gasteiger partial charge in [-0.2, -0.15) is 0 Å². The van der Waals surface area contributed by atoms with E-state index in [1.165, 1.54) is 0 Å². The molecule has 1 amide bonds. The Kier molecular flexibility index (Phi) is 8.08. The van der Waals surface area contributed by atoms with Gasteiger partial charge in [0.15, 0.2) is 5.96 Å². The molecule has 1 aromatic rings. The summed E-state index contributed by atoms with van der Waals surface area (Å²) in [5, 5.41) is 9.45. The van der Waals surface area contributed by atoms with E-state index in [9.17, 15) is 4.79 Å². The molecule has 0 spiro atoms. The predicted molar refractivity (Wildman–Crippen MR) is 112 cm³/mol. The van der Waals surface area contributed by atoms with Crippen LogP contribution < -0.4 is 11.1 Å². The maximum absolute atomic E-state index is 11.9. The Labute approximate surface area is 171 Å². The Bertz CT molecular complexity index is 749. The van der Waals surface area contributed by atoms with Gasteiger partial charge in [0.25, 0.3) is 0 Å². The maximum Gasteiger partial charge on any atom is 0.226 e. The molecule has 0 fully saturated rings. The molecule has 2 atom stereocenters. The van der Waals surface area contributed by atoms with Crippen molar-refractivity contribution in [2.75, 3.05) is 20.3 Å². The lowest BCUT2D eigenvalue weighted by Gasteiger charge is -2.36. The quantitative estimate of drug-likeness (QED) is 0.254. The van der Waals surface area contributed by atoms with Crippen LogP contribution in [-0.4, -0.2) is 37.1 Å². The number of nitrogens with one attached hydrogen (secondary N) is 2. The van der Waals surface area contributed by atoms with Crippen LogP contribution in [-0.2, 0) is 14.3 Å². The fourth-order valence-electron chi connectivity index (χ4n) is 3.16. The van der Waals surface area contributed by atoms with E-state index in [4.69, 9.17) is 32.2 Å². The van der Waals surface area contributed by atoms with Crippen LogP contribution in [0.25, 0.3) is 5.57 Å². The molecule has 0 heterocycles. The molecular weight excluding hydrogens is 378 g/mol. The standard InChI is InChI=1S/C21H28ClN3O3/c1-15-19(28-14-6-13-27-2)17(16-7-4-3-5-8-16)9-11-21(15,22)12-10-18(26)25-20(23)24/h3-5,7-9,11,15H,6,10,12-14H2,1-2H3,(H4,23,24,25,26). The van der Waals surface area contributed by atoms with Crippen LogP contribution in [0.3, 0.4) is 0 Å². The van der Waals surface area contributed by atoms with Gasteiger partial charge in [-0.1, -0.05) is 49.4 Å². The van der Waals surface area contributed by atoms with Crippen molar-refractivity contribution >= 4 is 29.0 Å². The summed E-state index contributed by atoms with van der Waals surface area (Å²) in [6, 6.07) is 10.0. The molecule has 2 rings (SSSR count). The second-order valence-corrected chi connectivity index (χ2v) is 7.49. The van der Waals surface area contributed by atoms with Gasteiger partial charge in [0, 0.05) is 38.0 Å². The molecule has 152 valence electrons. The third-order valence-electron chi connectivity index (χ3n) is 4.75.